The van der Waals surface area contributed by atoms with Gasteiger partial charge in [0.05, 0.1) is 10.6 Å². The van der Waals surface area contributed by atoms with Gasteiger partial charge in [-0.25, -0.2) is 13.4 Å². The molecule has 0 bridgehead atoms. The van der Waals surface area contributed by atoms with Crippen LogP contribution in [-0.4, -0.2) is 17.8 Å². The molecule has 0 aliphatic heterocycles. The molecular formula is C17H13N3O2S2. The second kappa shape index (κ2) is 5.77. The summed E-state index contributed by atoms with van der Waals surface area (Å²) in [7, 11) is -3.57. The van der Waals surface area contributed by atoms with Crippen molar-refractivity contribution in [2.75, 3.05) is 4.72 Å². The summed E-state index contributed by atoms with van der Waals surface area (Å²) in [5, 5.41) is 1.98. The van der Waals surface area contributed by atoms with Crippen molar-refractivity contribution in [2.24, 2.45) is 0 Å². The first-order valence-electron chi connectivity index (χ1n) is 7.22. The number of hydrogen-bond acceptors (Lipinski definition) is 4. The predicted molar refractivity (Wildman–Crippen MR) is 95.8 cm³/mol. The van der Waals surface area contributed by atoms with Gasteiger partial charge in [-0.05, 0) is 24.3 Å². The summed E-state index contributed by atoms with van der Waals surface area (Å²) in [5.74, 6) is 0. The number of nitrogens with zero attached hydrogens (tertiary/aromatic N) is 2. The Balaban J connectivity index is 1.59. The van der Waals surface area contributed by atoms with Gasteiger partial charge in [-0.2, -0.15) is 0 Å². The van der Waals surface area contributed by atoms with Crippen LogP contribution in [0.25, 0.3) is 16.2 Å². The van der Waals surface area contributed by atoms with Crippen molar-refractivity contribution in [3.8, 4) is 11.3 Å². The lowest BCUT2D eigenvalue weighted by Crippen LogP contribution is -2.12. The molecule has 2 heterocycles. The summed E-state index contributed by atoms with van der Waals surface area (Å²) in [6.07, 6.45) is 3.91. The molecule has 4 rings (SSSR count). The van der Waals surface area contributed by atoms with Gasteiger partial charge in [0.2, 0.25) is 0 Å². The molecule has 5 nitrogen and oxygen atoms in total. The highest BCUT2D eigenvalue weighted by atomic mass is 32.2. The molecule has 1 N–H and O–H groups in total. The topological polar surface area (TPSA) is 63.5 Å². The molecule has 0 atom stereocenters. The standard InChI is InChI=1S/C17H13N3O2S2/c21-24(22,15-4-2-1-3-5-15)19-14-8-6-13(7-9-14)16-12-20-10-11-23-17(20)18-16/h1-12,19H. The average Bonchev–Trinajstić information content (AvgIpc) is 3.18. The van der Waals surface area contributed by atoms with E-state index >= 15 is 0 Å². The van der Waals surface area contributed by atoms with E-state index in [1.165, 1.54) is 0 Å². The lowest BCUT2D eigenvalue weighted by molar-refractivity contribution is 0.601. The predicted octanol–water partition coefficient (Wildman–Crippen LogP) is 3.86. The molecule has 0 aliphatic carbocycles. The Labute approximate surface area is 143 Å². The summed E-state index contributed by atoms with van der Waals surface area (Å²) in [5.41, 5.74) is 2.32. The number of aromatic nitrogens is 2. The third-order valence-corrected chi connectivity index (χ3v) is 5.75. The third kappa shape index (κ3) is 2.79. The molecule has 120 valence electrons. The van der Waals surface area contributed by atoms with Crippen molar-refractivity contribution < 1.29 is 8.42 Å². The number of sulfonamides is 1. The Kier molecular flexibility index (Phi) is 3.59. The van der Waals surface area contributed by atoms with E-state index in [9.17, 15) is 8.42 Å². The van der Waals surface area contributed by atoms with Gasteiger partial charge in [0, 0.05) is 29.0 Å². The molecule has 0 saturated carbocycles. The maximum absolute atomic E-state index is 12.3. The maximum atomic E-state index is 12.3. The van der Waals surface area contributed by atoms with Crippen molar-refractivity contribution in [1.82, 2.24) is 9.38 Å². The molecule has 0 spiro atoms. The van der Waals surface area contributed by atoms with Crippen LogP contribution >= 0.6 is 11.3 Å². The molecule has 0 aliphatic rings. The number of nitrogens with one attached hydrogen (secondary N) is 1. The smallest absolute Gasteiger partial charge is 0.261 e. The van der Waals surface area contributed by atoms with E-state index < -0.39 is 10.0 Å². The quantitative estimate of drug-likeness (QED) is 0.604. The Morgan fingerprint density at radius 3 is 2.46 bits per heavy atom. The third-order valence-electron chi connectivity index (χ3n) is 3.58. The number of imidazole rings is 1. The van der Waals surface area contributed by atoms with Crippen LogP contribution in [0.1, 0.15) is 0 Å². The van der Waals surface area contributed by atoms with Crippen molar-refractivity contribution in [3.63, 3.8) is 0 Å². The zero-order valence-electron chi connectivity index (χ0n) is 12.5. The van der Waals surface area contributed by atoms with Gasteiger partial charge >= 0.3 is 0 Å². The average molecular weight is 355 g/mol. The monoisotopic (exact) mass is 355 g/mol. The van der Waals surface area contributed by atoms with Gasteiger partial charge in [0.1, 0.15) is 0 Å². The van der Waals surface area contributed by atoms with Crippen LogP contribution in [-0.2, 0) is 10.0 Å². The van der Waals surface area contributed by atoms with Gasteiger partial charge in [-0.15, -0.1) is 11.3 Å². The van der Waals surface area contributed by atoms with E-state index in [1.54, 1.807) is 53.8 Å². The van der Waals surface area contributed by atoms with Crippen LogP contribution in [0.4, 0.5) is 5.69 Å². The second-order valence-corrected chi connectivity index (χ2v) is 7.77. The minimum Gasteiger partial charge on any atom is -0.297 e. The van der Waals surface area contributed by atoms with E-state index in [1.807, 2.05) is 34.3 Å². The molecule has 0 radical (unpaired) electrons. The SMILES string of the molecule is O=S(=O)(Nc1ccc(-c2cn3ccsc3n2)cc1)c1ccccc1. The lowest BCUT2D eigenvalue weighted by Gasteiger charge is -2.08. The molecular weight excluding hydrogens is 342 g/mol. The Morgan fingerprint density at radius 2 is 1.75 bits per heavy atom. The normalized spacial score (nSPS) is 11.7. The van der Waals surface area contributed by atoms with Gasteiger partial charge in [-0.1, -0.05) is 30.3 Å². The fraction of sp³-hybridized carbons (Fsp3) is 0. The molecule has 0 amide bonds. The van der Waals surface area contributed by atoms with Crippen molar-refractivity contribution in [1.29, 1.82) is 0 Å². The highest BCUT2D eigenvalue weighted by Crippen LogP contribution is 2.24. The molecule has 7 heteroatoms. The van der Waals surface area contributed by atoms with Crippen molar-refractivity contribution >= 4 is 32.0 Å². The highest BCUT2D eigenvalue weighted by molar-refractivity contribution is 7.92. The minimum absolute atomic E-state index is 0.239. The van der Waals surface area contributed by atoms with Crippen molar-refractivity contribution in [3.05, 3.63) is 72.4 Å². The molecule has 0 fully saturated rings. The molecule has 2 aromatic carbocycles. The summed E-state index contributed by atoms with van der Waals surface area (Å²) >= 11 is 1.57. The number of hydrogen-bond donors (Lipinski definition) is 1. The van der Waals surface area contributed by atoms with E-state index in [2.05, 4.69) is 9.71 Å². The first kappa shape index (κ1) is 14.9. The van der Waals surface area contributed by atoms with E-state index in [0.717, 1.165) is 16.2 Å². The zero-order valence-corrected chi connectivity index (χ0v) is 14.1. The summed E-state index contributed by atoms with van der Waals surface area (Å²) in [6.45, 7) is 0. The van der Waals surface area contributed by atoms with Crippen LogP contribution in [0.5, 0.6) is 0 Å². The van der Waals surface area contributed by atoms with Gasteiger partial charge in [0.25, 0.3) is 10.0 Å². The van der Waals surface area contributed by atoms with Crippen LogP contribution in [0, 0.1) is 0 Å². The van der Waals surface area contributed by atoms with Crippen LogP contribution in [0.2, 0.25) is 0 Å². The lowest BCUT2D eigenvalue weighted by atomic mass is 10.1. The highest BCUT2D eigenvalue weighted by Gasteiger charge is 2.13. The Morgan fingerprint density at radius 1 is 1.00 bits per heavy atom. The van der Waals surface area contributed by atoms with E-state index in [4.69, 9.17) is 0 Å². The molecule has 24 heavy (non-hydrogen) atoms. The molecule has 2 aromatic heterocycles. The van der Waals surface area contributed by atoms with Crippen LogP contribution < -0.4 is 4.72 Å². The second-order valence-electron chi connectivity index (χ2n) is 5.21. The first-order chi connectivity index (χ1) is 11.6. The number of fused-ring (bicyclic) bond motifs is 1. The first-order valence-corrected chi connectivity index (χ1v) is 9.59. The Hall–Kier alpha value is -2.64. The summed E-state index contributed by atoms with van der Waals surface area (Å²) in [4.78, 5) is 5.71. The maximum Gasteiger partial charge on any atom is 0.261 e. The van der Waals surface area contributed by atoms with Crippen LogP contribution in [0.15, 0.2) is 77.3 Å². The van der Waals surface area contributed by atoms with Gasteiger partial charge in [0.15, 0.2) is 4.96 Å². The van der Waals surface area contributed by atoms with E-state index in [-0.39, 0.29) is 4.90 Å². The molecule has 4 aromatic rings. The van der Waals surface area contributed by atoms with Crippen molar-refractivity contribution in [2.45, 2.75) is 4.90 Å². The van der Waals surface area contributed by atoms with Gasteiger partial charge < -0.3 is 0 Å². The largest absolute Gasteiger partial charge is 0.297 e. The number of benzene rings is 2. The number of thiazole rings is 1. The molecule has 0 saturated heterocycles. The molecule has 0 unspecified atom stereocenters. The fourth-order valence-corrected chi connectivity index (χ4v) is 4.17. The number of anilines is 1. The summed E-state index contributed by atoms with van der Waals surface area (Å²) < 4.78 is 29.2. The summed E-state index contributed by atoms with van der Waals surface area (Å²) in [6, 6.07) is 15.5. The van der Waals surface area contributed by atoms with Gasteiger partial charge in [-0.3, -0.25) is 9.12 Å². The zero-order chi connectivity index (χ0) is 16.6. The van der Waals surface area contributed by atoms with Crippen LogP contribution in [0.3, 0.4) is 0 Å². The minimum atomic E-state index is -3.57. The number of rotatable bonds is 4. The fourth-order valence-electron chi connectivity index (χ4n) is 2.39. The Bertz CT molecular complexity index is 1050. The van der Waals surface area contributed by atoms with E-state index in [0.29, 0.717) is 5.69 Å².